The highest BCUT2D eigenvalue weighted by Gasteiger charge is 2.22. The minimum absolute atomic E-state index is 0.106. The van der Waals surface area contributed by atoms with Gasteiger partial charge in [0, 0.05) is 13.0 Å². The highest BCUT2D eigenvalue weighted by atomic mass is 32.2. The lowest BCUT2D eigenvalue weighted by Gasteiger charge is -2.17. The molecule has 112 valence electrons. The fraction of sp³-hybridized carbons (Fsp3) is 0.462. The summed E-state index contributed by atoms with van der Waals surface area (Å²) < 4.78 is 34.8. The van der Waals surface area contributed by atoms with Crippen molar-refractivity contribution in [3.8, 4) is 5.75 Å². The van der Waals surface area contributed by atoms with Gasteiger partial charge in [0.15, 0.2) is 6.10 Å². The second-order valence-electron chi connectivity index (χ2n) is 4.13. The van der Waals surface area contributed by atoms with Crippen LogP contribution >= 0.6 is 0 Å². The molecule has 0 amide bonds. The van der Waals surface area contributed by atoms with Crippen molar-refractivity contribution in [2.45, 2.75) is 19.4 Å². The van der Waals surface area contributed by atoms with Crippen LogP contribution in [0.15, 0.2) is 30.3 Å². The van der Waals surface area contributed by atoms with Gasteiger partial charge in [0.2, 0.25) is 10.0 Å². The summed E-state index contributed by atoms with van der Waals surface area (Å²) >= 11 is 0. The van der Waals surface area contributed by atoms with Crippen molar-refractivity contribution in [1.82, 2.24) is 4.72 Å². The molecule has 1 unspecified atom stereocenters. The minimum Gasteiger partial charge on any atom is -0.479 e. The summed E-state index contributed by atoms with van der Waals surface area (Å²) in [6.45, 7) is 2.05. The quantitative estimate of drug-likeness (QED) is 0.723. The van der Waals surface area contributed by atoms with E-state index >= 15 is 0 Å². The first-order chi connectivity index (χ1) is 9.42. The van der Waals surface area contributed by atoms with Gasteiger partial charge in [-0.15, -0.1) is 0 Å². The van der Waals surface area contributed by atoms with Gasteiger partial charge in [-0.05, 0) is 19.1 Å². The molecule has 1 N–H and O–H groups in total. The van der Waals surface area contributed by atoms with E-state index in [1.54, 1.807) is 31.2 Å². The van der Waals surface area contributed by atoms with Gasteiger partial charge in [-0.25, -0.2) is 17.9 Å². The van der Waals surface area contributed by atoms with Crippen molar-refractivity contribution in [2.24, 2.45) is 0 Å². The van der Waals surface area contributed by atoms with E-state index in [9.17, 15) is 13.2 Å². The van der Waals surface area contributed by atoms with Crippen molar-refractivity contribution in [3.63, 3.8) is 0 Å². The van der Waals surface area contributed by atoms with Crippen LogP contribution in [0.4, 0.5) is 0 Å². The molecular weight excluding hydrogens is 282 g/mol. The first kappa shape index (κ1) is 16.5. The zero-order valence-corrected chi connectivity index (χ0v) is 12.4. The maximum absolute atomic E-state index is 11.8. The predicted octanol–water partition coefficient (Wildman–Crippen LogP) is 0.936. The summed E-state index contributed by atoms with van der Waals surface area (Å²) in [4.78, 5) is 11.8. The summed E-state index contributed by atoms with van der Waals surface area (Å²) in [6, 6.07) is 8.84. The van der Waals surface area contributed by atoms with Crippen molar-refractivity contribution >= 4 is 16.0 Å². The molecule has 1 aromatic carbocycles. The molecule has 0 heterocycles. The van der Waals surface area contributed by atoms with Crippen LogP contribution in [0.2, 0.25) is 0 Å². The van der Waals surface area contributed by atoms with Crippen LogP contribution < -0.4 is 9.46 Å². The van der Waals surface area contributed by atoms with E-state index in [0.29, 0.717) is 5.75 Å². The number of carbonyl (C=O) groups excluding carboxylic acids is 1. The van der Waals surface area contributed by atoms with Crippen molar-refractivity contribution in [2.75, 3.05) is 19.4 Å². The number of hydrogen-bond donors (Lipinski definition) is 1. The third-order valence-corrected chi connectivity index (χ3v) is 3.07. The average Bonchev–Trinajstić information content (AvgIpc) is 2.37. The maximum atomic E-state index is 11.8. The fourth-order valence-electron chi connectivity index (χ4n) is 1.50. The predicted molar refractivity (Wildman–Crippen MR) is 75.0 cm³/mol. The van der Waals surface area contributed by atoms with Gasteiger partial charge in [-0.3, -0.25) is 0 Å². The van der Waals surface area contributed by atoms with Gasteiger partial charge in [-0.1, -0.05) is 18.2 Å². The number of nitrogens with one attached hydrogen (secondary N) is 1. The Labute approximate surface area is 119 Å². The van der Waals surface area contributed by atoms with Gasteiger partial charge in [0.05, 0.1) is 12.9 Å². The Hall–Kier alpha value is -1.60. The molecule has 7 heteroatoms. The van der Waals surface area contributed by atoms with Crippen LogP contribution in [-0.4, -0.2) is 39.9 Å². The first-order valence-corrected chi connectivity index (χ1v) is 8.14. The van der Waals surface area contributed by atoms with Gasteiger partial charge < -0.3 is 9.47 Å². The Morgan fingerprint density at radius 2 is 1.95 bits per heavy atom. The summed E-state index contributed by atoms with van der Waals surface area (Å²) in [7, 11) is -3.29. The molecular formula is C13H19NO5S. The zero-order valence-electron chi connectivity index (χ0n) is 11.5. The number of hydrogen-bond acceptors (Lipinski definition) is 5. The summed E-state index contributed by atoms with van der Waals surface area (Å²) in [5, 5.41) is 0. The van der Waals surface area contributed by atoms with E-state index in [2.05, 4.69) is 4.72 Å². The van der Waals surface area contributed by atoms with Crippen LogP contribution in [0.5, 0.6) is 5.75 Å². The van der Waals surface area contributed by atoms with E-state index in [1.807, 2.05) is 6.07 Å². The SMILES string of the molecule is CCOC(=O)C(CCNS(C)(=O)=O)Oc1ccccc1. The molecule has 1 rings (SSSR count). The van der Waals surface area contributed by atoms with Crippen LogP contribution in [-0.2, 0) is 19.6 Å². The number of esters is 1. The molecule has 0 saturated carbocycles. The summed E-state index contributed by atoms with van der Waals surface area (Å²) in [5.41, 5.74) is 0. The van der Waals surface area contributed by atoms with Crippen LogP contribution in [0.25, 0.3) is 0 Å². The molecule has 0 fully saturated rings. The zero-order chi connectivity index (χ0) is 15.0. The van der Waals surface area contributed by atoms with Crippen molar-refractivity contribution in [3.05, 3.63) is 30.3 Å². The molecule has 0 bridgehead atoms. The largest absolute Gasteiger partial charge is 0.479 e. The topological polar surface area (TPSA) is 81.7 Å². The van der Waals surface area contributed by atoms with E-state index in [-0.39, 0.29) is 19.6 Å². The monoisotopic (exact) mass is 301 g/mol. The molecule has 6 nitrogen and oxygen atoms in total. The van der Waals surface area contributed by atoms with E-state index in [1.165, 1.54) is 0 Å². The van der Waals surface area contributed by atoms with Gasteiger partial charge in [0.25, 0.3) is 0 Å². The van der Waals surface area contributed by atoms with Crippen LogP contribution in [0, 0.1) is 0 Å². The summed E-state index contributed by atoms with van der Waals surface area (Å²) in [5.74, 6) is 0.0246. The smallest absolute Gasteiger partial charge is 0.347 e. The number of ether oxygens (including phenoxy) is 2. The number of benzene rings is 1. The summed E-state index contributed by atoms with van der Waals surface area (Å²) in [6.07, 6.45) is 0.414. The number of para-hydroxylation sites is 1. The Balaban J connectivity index is 2.63. The highest BCUT2D eigenvalue weighted by molar-refractivity contribution is 7.88. The lowest BCUT2D eigenvalue weighted by atomic mass is 10.2. The fourth-order valence-corrected chi connectivity index (χ4v) is 1.99. The molecule has 0 aliphatic carbocycles. The molecule has 0 aliphatic heterocycles. The van der Waals surface area contributed by atoms with E-state index in [0.717, 1.165) is 6.26 Å². The molecule has 20 heavy (non-hydrogen) atoms. The Bertz CT molecular complexity index is 515. The van der Waals surface area contributed by atoms with Crippen molar-refractivity contribution in [1.29, 1.82) is 0 Å². The van der Waals surface area contributed by atoms with E-state index in [4.69, 9.17) is 9.47 Å². The molecule has 0 aromatic heterocycles. The molecule has 0 saturated heterocycles. The van der Waals surface area contributed by atoms with Gasteiger partial charge in [-0.2, -0.15) is 0 Å². The molecule has 1 aromatic rings. The number of sulfonamides is 1. The Morgan fingerprint density at radius 1 is 1.30 bits per heavy atom. The van der Waals surface area contributed by atoms with Crippen LogP contribution in [0.1, 0.15) is 13.3 Å². The lowest BCUT2D eigenvalue weighted by molar-refractivity contribution is -0.151. The third-order valence-electron chi connectivity index (χ3n) is 2.34. The number of rotatable bonds is 8. The van der Waals surface area contributed by atoms with Gasteiger partial charge in [0.1, 0.15) is 5.75 Å². The normalized spacial score (nSPS) is 12.7. The second-order valence-corrected chi connectivity index (χ2v) is 5.96. The molecule has 0 spiro atoms. The number of carbonyl (C=O) groups is 1. The highest BCUT2D eigenvalue weighted by Crippen LogP contribution is 2.13. The standard InChI is InChI=1S/C13H19NO5S/c1-3-18-13(15)12(9-10-14-20(2,16)17)19-11-7-5-4-6-8-11/h4-8,12,14H,3,9-10H2,1-2H3. The molecule has 0 aliphatic rings. The van der Waals surface area contributed by atoms with E-state index < -0.39 is 22.1 Å². The van der Waals surface area contributed by atoms with Crippen LogP contribution in [0.3, 0.4) is 0 Å². The Kier molecular flexibility index (Phi) is 6.47. The molecule has 0 radical (unpaired) electrons. The maximum Gasteiger partial charge on any atom is 0.347 e. The lowest BCUT2D eigenvalue weighted by Crippen LogP contribution is -2.34. The van der Waals surface area contributed by atoms with Gasteiger partial charge >= 0.3 is 5.97 Å². The third kappa shape index (κ3) is 6.53. The first-order valence-electron chi connectivity index (χ1n) is 6.25. The Morgan fingerprint density at radius 3 is 2.50 bits per heavy atom. The molecule has 1 atom stereocenters. The van der Waals surface area contributed by atoms with Crippen molar-refractivity contribution < 1.29 is 22.7 Å². The second kappa shape index (κ2) is 7.86. The average molecular weight is 301 g/mol. The minimum atomic E-state index is -3.29.